The number of nitrogens with zero attached hydrogens (tertiary/aromatic N) is 2. The summed E-state index contributed by atoms with van der Waals surface area (Å²) >= 11 is 0. The molecule has 0 atom stereocenters. The van der Waals surface area contributed by atoms with Crippen molar-refractivity contribution in [2.45, 2.75) is 24.7 Å². The fourth-order valence-corrected chi connectivity index (χ4v) is 11.9. The number of hydrogen-bond donors (Lipinski definition) is 0. The van der Waals surface area contributed by atoms with Crippen LogP contribution in [-0.2, 0) is 10.8 Å². The van der Waals surface area contributed by atoms with Gasteiger partial charge >= 0.3 is 0 Å². The Hall–Kier alpha value is -8.20. The van der Waals surface area contributed by atoms with Crippen LogP contribution in [0.2, 0.25) is 0 Å². The molecule has 0 radical (unpaired) electrons. The molecular formula is C64H46N2. The molecule has 3 aliphatic carbocycles. The second kappa shape index (κ2) is 14.4. The van der Waals surface area contributed by atoms with E-state index in [1.54, 1.807) is 0 Å². The number of para-hydroxylation sites is 2. The molecular weight excluding hydrogens is 797 g/mol. The lowest BCUT2D eigenvalue weighted by atomic mass is 9.71. The van der Waals surface area contributed by atoms with Crippen molar-refractivity contribution < 1.29 is 0 Å². The third-order valence-electron chi connectivity index (χ3n) is 14.8. The zero-order valence-corrected chi connectivity index (χ0v) is 37.0. The highest BCUT2D eigenvalue weighted by atomic mass is 15.2. The van der Waals surface area contributed by atoms with Gasteiger partial charge in [-0.15, -0.1) is 0 Å². The molecule has 0 N–H and O–H groups in total. The fourth-order valence-electron chi connectivity index (χ4n) is 11.9. The van der Waals surface area contributed by atoms with E-state index in [4.69, 9.17) is 0 Å². The smallest absolute Gasteiger partial charge is 0.0881 e. The van der Waals surface area contributed by atoms with Crippen LogP contribution in [0.3, 0.4) is 0 Å². The summed E-state index contributed by atoms with van der Waals surface area (Å²) in [4.78, 5) is 2.58. The summed E-state index contributed by atoms with van der Waals surface area (Å²) in [6.07, 6.45) is 6.28. The largest absolute Gasteiger partial charge is 0.312 e. The average molecular weight is 843 g/mol. The highest BCUT2D eigenvalue weighted by molar-refractivity contribution is 6.09. The summed E-state index contributed by atoms with van der Waals surface area (Å²) < 4.78 is 2.38. The quantitative estimate of drug-likeness (QED) is 0.145. The van der Waals surface area contributed by atoms with Crippen molar-refractivity contribution in [1.29, 1.82) is 0 Å². The van der Waals surface area contributed by atoms with Crippen LogP contribution in [0.15, 0.2) is 243 Å². The van der Waals surface area contributed by atoms with Crippen LogP contribution in [0.4, 0.5) is 11.4 Å². The van der Waals surface area contributed by atoms with Gasteiger partial charge in [-0.25, -0.2) is 0 Å². The molecule has 0 fully saturated rings. The maximum Gasteiger partial charge on any atom is 0.0881 e. The second-order valence-corrected chi connectivity index (χ2v) is 18.4. The lowest BCUT2D eigenvalue weighted by Gasteiger charge is -2.40. The Labute approximate surface area is 386 Å². The van der Waals surface area contributed by atoms with Crippen LogP contribution in [0.5, 0.6) is 0 Å². The molecule has 0 amide bonds. The summed E-state index contributed by atoms with van der Waals surface area (Å²) in [5.41, 5.74) is 22.8. The number of benzene rings is 9. The zero-order chi connectivity index (χ0) is 44.1. The van der Waals surface area contributed by atoms with E-state index in [9.17, 15) is 0 Å². The van der Waals surface area contributed by atoms with E-state index in [1.807, 2.05) is 6.08 Å². The lowest BCUT2D eigenvalue weighted by Crippen LogP contribution is -2.36. The summed E-state index contributed by atoms with van der Waals surface area (Å²) in [5.74, 6) is 0. The molecule has 3 aliphatic rings. The summed E-state index contributed by atoms with van der Waals surface area (Å²) in [5, 5.41) is 2.53. The van der Waals surface area contributed by atoms with E-state index >= 15 is 0 Å². The summed E-state index contributed by atoms with van der Waals surface area (Å²) in [6.45, 7) is 8.91. The van der Waals surface area contributed by atoms with Gasteiger partial charge in [0, 0.05) is 38.8 Å². The van der Waals surface area contributed by atoms with Gasteiger partial charge in [-0.3, -0.25) is 0 Å². The maximum absolute atomic E-state index is 4.16. The maximum atomic E-state index is 4.16. The van der Waals surface area contributed by atoms with Crippen LogP contribution in [0.1, 0.15) is 47.2 Å². The summed E-state index contributed by atoms with van der Waals surface area (Å²) in [7, 11) is 0. The van der Waals surface area contributed by atoms with E-state index in [0.717, 1.165) is 17.1 Å². The first-order valence-electron chi connectivity index (χ1n) is 23.1. The van der Waals surface area contributed by atoms with Gasteiger partial charge in [-0.1, -0.05) is 202 Å². The number of aromatic nitrogens is 1. The molecule has 1 aromatic heterocycles. The molecule has 2 nitrogen and oxygen atoms in total. The molecule has 0 unspecified atom stereocenters. The van der Waals surface area contributed by atoms with Gasteiger partial charge < -0.3 is 9.47 Å². The minimum Gasteiger partial charge on any atom is -0.312 e. The zero-order valence-electron chi connectivity index (χ0n) is 37.0. The predicted octanol–water partition coefficient (Wildman–Crippen LogP) is 16.4. The number of allylic oxidation sites excluding steroid dienone is 5. The van der Waals surface area contributed by atoms with Gasteiger partial charge in [-0.05, 0) is 115 Å². The number of hydrogen-bond acceptors (Lipinski definition) is 1. The predicted molar refractivity (Wildman–Crippen MR) is 277 cm³/mol. The standard InChI is InChI=1S/C64H46N2/c1-4-5-18-54-50-22-9-15-28-58(50)64(56-26-13-7-20-48(56)49-21-8-14-27-57(49)64)62(54)65(46-39-40-51-47-19-6-12-25-55(47)63(2,3)59(51)41-46)44-35-31-42(32-36-44)43-33-37-45(38-34-43)66-60-29-16-10-23-52(60)53-24-11-17-30-61(53)66/h4-41H,1H2,2-3H3/b18-5-. The molecule has 1 heterocycles. The monoisotopic (exact) mass is 842 g/mol. The molecule has 1 spiro atoms. The molecule has 0 saturated heterocycles. The Morgan fingerprint density at radius 1 is 0.439 bits per heavy atom. The highest BCUT2D eigenvalue weighted by Gasteiger charge is 2.55. The van der Waals surface area contributed by atoms with E-state index in [0.29, 0.717) is 0 Å². The number of fused-ring (bicyclic) bond motifs is 13. The fraction of sp³-hybridized carbons (Fsp3) is 0.0625. The summed E-state index contributed by atoms with van der Waals surface area (Å²) in [6, 6.07) is 79.0. The van der Waals surface area contributed by atoms with Gasteiger partial charge in [0.2, 0.25) is 0 Å². The van der Waals surface area contributed by atoms with Gasteiger partial charge in [0.25, 0.3) is 0 Å². The molecule has 13 rings (SSSR count). The van der Waals surface area contributed by atoms with Crippen LogP contribution in [0.25, 0.3) is 66.4 Å². The molecule has 0 bridgehead atoms. The van der Waals surface area contributed by atoms with Crippen molar-refractivity contribution in [3.63, 3.8) is 0 Å². The van der Waals surface area contributed by atoms with Crippen molar-refractivity contribution in [2.24, 2.45) is 0 Å². The Kier molecular flexibility index (Phi) is 8.35. The molecule has 2 heteroatoms. The average Bonchev–Trinajstić information content (AvgIpc) is 4.04. The van der Waals surface area contributed by atoms with E-state index in [2.05, 4.69) is 254 Å². The van der Waals surface area contributed by atoms with E-state index in [-0.39, 0.29) is 5.41 Å². The minimum absolute atomic E-state index is 0.175. The van der Waals surface area contributed by atoms with Crippen molar-refractivity contribution in [3.05, 3.63) is 276 Å². The van der Waals surface area contributed by atoms with Crippen molar-refractivity contribution in [2.75, 3.05) is 4.90 Å². The van der Waals surface area contributed by atoms with Crippen LogP contribution in [0, 0.1) is 0 Å². The lowest BCUT2D eigenvalue weighted by molar-refractivity contribution is 0.660. The van der Waals surface area contributed by atoms with Crippen molar-refractivity contribution in [3.8, 4) is 39.1 Å². The highest BCUT2D eigenvalue weighted by Crippen LogP contribution is 2.64. The molecule has 0 aliphatic heterocycles. The molecule has 312 valence electrons. The van der Waals surface area contributed by atoms with Crippen molar-refractivity contribution >= 4 is 38.8 Å². The van der Waals surface area contributed by atoms with Crippen molar-refractivity contribution in [1.82, 2.24) is 4.57 Å². The number of anilines is 2. The van der Waals surface area contributed by atoms with Gasteiger partial charge in [0.1, 0.15) is 0 Å². The molecule has 66 heavy (non-hydrogen) atoms. The van der Waals surface area contributed by atoms with Gasteiger partial charge in [0.15, 0.2) is 0 Å². The van der Waals surface area contributed by atoms with E-state index < -0.39 is 5.41 Å². The third-order valence-corrected chi connectivity index (χ3v) is 14.8. The molecule has 10 aromatic rings. The third kappa shape index (κ3) is 5.24. The van der Waals surface area contributed by atoms with Crippen LogP contribution in [-0.4, -0.2) is 4.57 Å². The first-order valence-corrected chi connectivity index (χ1v) is 23.1. The second-order valence-electron chi connectivity index (χ2n) is 18.4. The van der Waals surface area contributed by atoms with Gasteiger partial charge in [-0.2, -0.15) is 0 Å². The Bertz CT molecular complexity index is 3590. The topological polar surface area (TPSA) is 8.17 Å². The molecule has 0 saturated carbocycles. The Morgan fingerprint density at radius 2 is 0.894 bits per heavy atom. The number of rotatable bonds is 7. The Morgan fingerprint density at radius 3 is 1.48 bits per heavy atom. The first kappa shape index (κ1) is 38.3. The van der Waals surface area contributed by atoms with Crippen LogP contribution < -0.4 is 4.90 Å². The minimum atomic E-state index is -0.608. The van der Waals surface area contributed by atoms with Crippen LogP contribution >= 0.6 is 0 Å². The SMILES string of the molecule is C=C/C=C\C1=C(N(c2ccc(-c3ccc(-n4c5ccccc5c5ccccc54)cc3)cc2)c2ccc3c(c2)C(C)(C)c2ccccc2-3)C2(c3ccccc31)c1ccccc1-c1ccccc12. The molecule has 9 aromatic carbocycles. The van der Waals surface area contributed by atoms with Gasteiger partial charge in [0.05, 0.1) is 22.1 Å². The van der Waals surface area contributed by atoms with E-state index in [1.165, 1.54) is 99.8 Å². The first-order chi connectivity index (χ1) is 32.5. The Balaban J connectivity index is 1.02. The normalized spacial score (nSPS) is 14.7.